The van der Waals surface area contributed by atoms with Crippen LogP contribution in [0.15, 0.2) is 18.2 Å². The van der Waals surface area contributed by atoms with Gasteiger partial charge in [0.1, 0.15) is 5.82 Å². The second-order valence-electron chi connectivity index (χ2n) is 6.50. The predicted molar refractivity (Wildman–Crippen MR) is 85.2 cm³/mol. The fourth-order valence-corrected chi connectivity index (χ4v) is 4.00. The number of hydrogen-bond donors (Lipinski definition) is 1. The molecular weight excluding hydrogens is 303 g/mol. The highest BCUT2D eigenvalue weighted by atomic mass is 35.5. The summed E-state index contributed by atoms with van der Waals surface area (Å²) in [6.07, 6.45) is 5.79. The van der Waals surface area contributed by atoms with Crippen LogP contribution in [0.5, 0.6) is 0 Å². The van der Waals surface area contributed by atoms with Crippen molar-refractivity contribution in [1.29, 1.82) is 0 Å². The second-order valence-corrected chi connectivity index (χ2v) is 6.91. The average molecular weight is 325 g/mol. The molecule has 2 aliphatic rings. The van der Waals surface area contributed by atoms with Crippen LogP contribution in [0.25, 0.3) is 0 Å². The van der Waals surface area contributed by atoms with Crippen LogP contribution in [-0.4, -0.2) is 29.9 Å². The molecular formula is C17H22ClFN2O. The molecule has 0 bridgehead atoms. The van der Waals surface area contributed by atoms with E-state index in [0.29, 0.717) is 22.5 Å². The zero-order valence-corrected chi connectivity index (χ0v) is 13.6. The van der Waals surface area contributed by atoms with E-state index in [0.717, 1.165) is 12.8 Å². The molecule has 1 saturated heterocycles. The second kappa shape index (κ2) is 6.55. The largest absolute Gasteiger partial charge is 0.340 e. The highest BCUT2D eigenvalue weighted by molar-refractivity contribution is 6.31. The number of halogens is 2. The molecule has 1 aliphatic heterocycles. The van der Waals surface area contributed by atoms with Gasteiger partial charge in [-0.15, -0.1) is 0 Å². The molecule has 1 saturated carbocycles. The van der Waals surface area contributed by atoms with Crippen LogP contribution in [0.2, 0.25) is 5.02 Å². The van der Waals surface area contributed by atoms with Gasteiger partial charge in [0, 0.05) is 30.2 Å². The summed E-state index contributed by atoms with van der Waals surface area (Å²) < 4.78 is 13.9. The van der Waals surface area contributed by atoms with Crippen molar-refractivity contribution >= 4 is 17.5 Å². The molecule has 1 aromatic rings. The van der Waals surface area contributed by atoms with Gasteiger partial charge in [-0.2, -0.15) is 0 Å². The number of carbonyl (C=O) groups excluding carboxylic acids is 1. The van der Waals surface area contributed by atoms with E-state index < -0.39 is 0 Å². The minimum absolute atomic E-state index is 0.0359. The molecule has 1 amide bonds. The average Bonchev–Trinajstić information content (AvgIpc) is 2.94. The maximum Gasteiger partial charge on any atom is 0.239 e. The van der Waals surface area contributed by atoms with Gasteiger partial charge in [-0.05, 0) is 37.3 Å². The third-order valence-corrected chi connectivity index (χ3v) is 5.35. The van der Waals surface area contributed by atoms with Crippen molar-refractivity contribution in [2.24, 2.45) is 5.92 Å². The first-order valence-corrected chi connectivity index (χ1v) is 8.38. The molecule has 3 nitrogen and oxygen atoms in total. The lowest BCUT2D eigenvalue weighted by atomic mass is 9.85. The fourth-order valence-electron chi connectivity index (χ4n) is 3.78. The van der Waals surface area contributed by atoms with Crippen molar-refractivity contribution in [3.05, 3.63) is 34.6 Å². The molecule has 0 spiro atoms. The highest BCUT2D eigenvalue weighted by Gasteiger charge is 2.39. The molecule has 3 rings (SSSR count). The Bertz CT molecular complexity index is 531. The van der Waals surface area contributed by atoms with Gasteiger partial charge < -0.3 is 10.2 Å². The van der Waals surface area contributed by atoms with Gasteiger partial charge in [0.25, 0.3) is 0 Å². The zero-order chi connectivity index (χ0) is 15.7. The Morgan fingerprint density at radius 1 is 1.41 bits per heavy atom. The van der Waals surface area contributed by atoms with Gasteiger partial charge in [0.15, 0.2) is 0 Å². The topological polar surface area (TPSA) is 32.3 Å². The van der Waals surface area contributed by atoms with Gasteiger partial charge in [-0.25, -0.2) is 4.39 Å². The number of amides is 1. The molecule has 120 valence electrons. The lowest BCUT2D eigenvalue weighted by Crippen LogP contribution is -2.43. The standard InChI is InChI=1S/C17H22ClFN2O/c1-21(10-12-13(18)6-4-7-14(12)19)17(22)16-9-11-5-2-3-8-15(11)20-16/h4,6-7,11,15-16,20H,2-3,5,8-10H2,1H3. The zero-order valence-electron chi connectivity index (χ0n) is 12.8. The first-order valence-electron chi connectivity index (χ1n) is 8.00. The number of benzene rings is 1. The van der Waals surface area contributed by atoms with Crippen LogP contribution in [0.1, 0.15) is 37.7 Å². The molecule has 0 radical (unpaired) electrons. The molecule has 2 fully saturated rings. The Labute approximate surface area is 135 Å². The van der Waals surface area contributed by atoms with E-state index in [9.17, 15) is 9.18 Å². The van der Waals surface area contributed by atoms with Crippen LogP contribution < -0.4 is 5.32 Å². The Kier molecular flexibility index (Phi) is 4.69. The summed E-state index contributed by atoms with van der Waals surface area (Å²) in [4.78, 5) is 14.2. The fraction of sp³-hybridized carbons (Fsp3) is 0.588. The summed E-state index contributed by atoms with van der Waals surface area (Å²) >= 11 is 6.04. The summed E-state index contributed by atoms with van der Waals surface area (Å²) in [5, 5.41) is 3.84. The van der Waals surface area contributed by atoms with Crippen LogP contribution in [0.3, 0.4) is 0 Å². The van der Waals surface area contributed by atoms with Gasteiger partial charge in [-0.3, -0.25) is 4.79 Å². The number of carbonyl (C=O) groups is 1. The summed E-state index contributed by atoms with van der Waals surface area (Å²) in [7, 11) is 1.72. The van der Waals surface area contributed by atoms with Crippen molar-refractivity contribution in [2.45, 2.75) is 50.7 Å². The van der Waals surface area contributed by atoms with E-state index in [1.807, 2.05) is 0 Å². The van der Waals surface area contributed by atoms with Crippen molar-refractivity contribution < 1.29 is 9.18 Å². The molecule has 1 heterocycles. The Morgan fingerprint density at radius 3 is 2.91 bits per heavy atom. The number of nitrogens with one attached hydrogen (secondary N) is 1. The minimum Gasteiger partial charge on any atom is -0.340 e. The third kappa shape index (κ3) is 3.13. The number of fused-ring (bicyclic) bond motifs is 1. The van der Waals surface area contributed by atoms with E-state index in [1.165, 1.54) is 25.3 Å². The van der Waals surface area contributed by atoms with E-state index in [-0.39, 0.29) is 24.3 Å². The third-order valence-electron chi connectivity index (χ3n) is 4.99. The number of hydrogen-bond acceptors (Lipinski definition) is 2. The van der Waals surface area contributed by atoms with E-state index in [4.69, 9.17) is 11.6 Å². The van der Waals surface area contributed by atoms with Crippen molar-refractivity contribution in [3.8, 4) is 0 Å². The maximum absolute atomic E-state index is 13.9. The Balaban J connectivity index is 1.65. The van der Waals surface area contributed by atoms with E-state index >= 15 is 0 Å². The molecule has 22 heavy (non-hydrogen) atoms. The maximum atomic E-state index is 13.9. The lowest BCUT2D eigenvalue weighted by Gasteiger charge is -2.24. The van der Waals surface area contributed by atoms with Crippen LogP contribution in [0.4, 0.5) is 4.39 Å². The van der Waals surface area contributed by atoms with Crippen LogP contribution in [-0.2, 0) is 11.3 Å². The lowest BCUT2D eigenvalue weighted by molar-refractivity contribution is -0.132. The molecule has 1 aromatic carbocycles. The molecule has 0 aromatic heterocycles. The predicted octanol–water partition coefficient (Wildman–Crippen LogP) is 3.36. The first kappa shape index (κ1) is 15.8. The van der Waals surface area contributed by atoms with Crippen LogP contribution >= 0.6 is 11.6 Å². The Morgan fingerprint density at radius 2 is 2.18 bits per heavy atom. The molecule has 3 atom stereocenters. The van der Waals surface area contributed by atoms with Gasteiger partial charge >= 0.3 is 0 Å². The number of likely N-dealkylation sites (N-methyl/N-ethyl adjacent to an activating group) is 1. The summed E-state index contributed by atoms with van der Waals surface area (Å²) in [5.74, 6) is 0.294. The van der Waals surface area contributed by atoms with Gasteiger partial charge in [-0.1, -0.05) is 30.5 Å². The van der Waals surface area contributed by atoms with E-state index in [1.54, 1.807) is 24.1 Å². The van der Waals surface area contributed by atoms with Gasteiger partial charge in [0.05, 0.1) is 6.04 Å². The van der Waals surface area contributed by atoms with Gasteiger partial charge in [0.2, 0.25) is 5.91 Å². The summed E-state index contributed by atoms with van der Waals surface area (Å²) in [6, 6.07) is 4.95. The molecule has 1 aliphatic carbocycles. The Hall–Kier alpha value is -1.13. The minimum atomic E-state index is -0.361. The summed E-state index contributed by atoms with van der Waals surface area (Å²) in [6.45, 7) is 0.206. The normalized spacial score (nSPS) is 27.5. The first-order chi connectivity index (χ1) is 10.6. The van der Waals surface area contributed by atoms with Crippen LogP contribution in [0, 0.1) is 11.7 Å². The molecule has 3 unspecified atom stereocenters. The van der Waals surface area contributed by atoms with Crippen molar-refractivity contribution in [2.75, 3.05) is 7.05 Å². The number of rotatable bonds is 3. The smallest absolute Gasteiger partial charge is 0.239 e. The van der Waals surface area contributed by atoms with Crippen molar-refractivity contribution in [1.82, 2.24) is 10.2 Å². The quantitative estimate of drug-likeness (QED) is 0.924. The SMILES string of the molecule is CN(Cc1c(F)cccc1Cl)C(=O)C1CC2CCCCC2N1. The number of nitrogens with zero attached hydrogens (tertiary/aromatic N) is 1. The molecule has 1 N–H and O–H groups in total. The van der Waals surface area contributed by atoms with Crippen molar-refractivity contribution in [3.63, 3.8) is 0 Å². The monoisotopic (exact) mass is 324 g/mol. The summed E-state index contributed by atoms with van der Waals surface area (Å²) in [5.41, 5.74) is 0.385. The molecule has 5 heteroatoms. The highest BCUT2D eigenvalue weighted by Crippen LogP contribution is 2.33. The van der Waals surface area contributed by atoms with E-state index in [2.05, 4.69) is 5.32 Å².